The second-order valence-electron chi connectivity index (χ2n) is 6.31. The predicted octanol–water partition coefficient (Wildman–Crippen LogP) is 2.58. The van der Waals surface area contributed by atoms with Gasteiger partial charge in [-0.2, -0.15) is 0 Å². The number of carbonyl (C=O) groups is 2. The summed E-state index contributed by atoms with van der Waals surface area (Å²) in [6, 6.07) is 0. The molecule has 1 aliphatic carbocycles. The molecule has 1 rings (SSSR count). The van der Waals surface area contributed by atoms with Crippen LogP contribution >= 0.6 is 0 Å². The van der Waals surface area contributed by atoms with Gasteiger partial charge in [0, 0.05) is 5.92 Å². The molecule has 0 radical (unpaired) electrons. The van der Waals surface area contributed by atoms with Crippen LogP contribution < -0.4 is 0 Å². The first-order valence-corrected chi connectivity index (χ1v) is 5.79. The summed E-state index contributed by atoms with van der Waals surface area (Å²) in [5.41, 5.74) is -0.706. The van der Waals surface area contributed by atoms with Crippen molar-refractivity contribution in [3.8, 4) is 0 Å². The van der Waals surface area contributed by atoms with E-state index in [4.69, 9.17) is 4.74 Å². The van der Waals surface area contributed by atoms with Gasteiger partial charge in [-0.1, -0.05) is 13.8 Å². The lowest BCUT2D eigenvalue weighted by atomic mass is 9.53. The van der Waals surface area contributed by atoms with Gasteiger partial charge < -0.3 is 4.74 Å². The van der Waals surface area contributed by atoms with Gasteiger partial charge in [-0.25, -0.2) is 0 Å². The maximum Gasteiger partial charge on any atom is 0.310 e. The molecule has 0 aromatic rings. The molecule has 0 N–H and O–H groups in total. The average molecular weight is 226 g/mol. The topological polar surface area (TPSA) is 43.4 Å². The maximum atomic E-state index is 11.9. The minimum Gasteiger partial charge on any atom is -0.460 e. The lowest BCUT2D eigenvalue weighted by Crippen LogP contribution is -2.53. The van der Waals surface area contributed by atoms with Crippen LogP contribution in [0.4, 0.5) is 0 Å². The van der Waals surface area contributed by atoms with Crippen molar-refractivity contribution >= 4 is 11.8 Å². The highest BCUT2D eigenvalue weighted by atomic mass is 16.6. The molecule has 0 unspecified atom stereocenters. The molecule has 1 aliphatic rings. The third kappa shape index (κ3) is 2.45. The maximum absolute atomic E-state index is 11.9. The first-order valence-electron chi connectivity index (χ1n) is 5.79. The SMILES string of the molecule is CC(=O)[C@H]1C[C@@H](C(=O)OC(C)(C)C)C1(C)C. The lowest BCUT2D eigenvalue weighted by Gasteiger charge is -2.49. The van der Waals surface area contributed by atoms with Crippen LogP contribution in [0, 0.1) is 17.3 Å². The number of rotatable bonds is 2. The molecule has 0 aliphatic heterocycles. The van der Waals surface area contributed by atoms with Crippen LogP contribution in [0.3, 0.4) is 0 Å². The van der Waals surface area contributed by atoms with E-state index in [1.165, 1.54) is 0 Å². The quantitative estimate of drug-likeness (QED) is 0.680. The third-order valence-corrected chi connectivity index (χ3v) is 3.45. The second kappa shape index (κ2) is 3.86. The molecule has 92 valence electrons. The summed E-state index contributed by atoms with van der Waals surface area (Å²) in [6.45, 7) is 11.1. The van der Waals surface area contributed by atoms with E-state index in [0.29, 0.717) is 6.42 Å². The summed E-state index contributed by atoms with van der Waals surface area (Å²) in [5, 5.41) is 0. The standard InChI is InChI=1S/C13H22O3/c1-8(14)9-7-10(13(9,5)6)11(15)16-12(2,3)4/h9-10H,7H2,1-6H3/t9-,10+/m1/s1. The molecule has 0 aromatic heterocycles. The van der Waals surface area contributed by atoms with Crippen molar-refractivity contribution in [2.75, 3.05) is 0 Å². The normalized spacial score (nSPS) is 28.1. The fourth-order valence-electron chi connectivity index (χ4n) is 2.39. The van der Waals surface area contributed by atoms with Crippen molar-refractivity contribution in [3.63, 3.8) is 0 Å². The largest absolute Gasteiger partial charge is 0.460 e. The number of ketones is 1. The predicted molar refractivity (Wildman–Crippen MR) is 61.9 cm³/mol. The van der Waals surface area contributed by atoms with Crippen molar-refractivity contribution in [1.29, 1.82) is 0 Å². The zero-order valence-electron chi connectivity index (χ0n) is 11.1. The van der Waals surface area contributed by atoms with E-state index in [1.807, 2.05) is 34.6 Å². The van der Waals surface area contributed by atoms with Gasteiger partial charge in [0.05, 0.1) is 5.92 Å². The number of Topliss-reactive ketones (excluding diaryl/α,β-unsaturated/α-hetero) is 1. The molecule has 3 nitrogen and oxygen atoms in total. The van der Waals surface area contributed by atoms with E-state index in [2.05, 4.69) is 0 Å². The van der Waals surface area contributed by atoms with E-state index >= 15 is 0 Å². The summed E-state index contributed by atoms with van der Waals surface area (Å²) < 4.78 is 5.36. The van der Waals surface area contributed by atoms with Crippen molar-refractivity contribution < 1.29 is 14.3 Å². The molecule has 3 heteroatoms. The highest BCUT2D eigenvalue weighted by Crippen LogP contribution is 2.52. The molecule has 0 saturated heterocycles. The first kappa shape index (κ1) is 13.2. The Labute approximate surface area is 97.5 Å². The zero-order chi connectivity index (χ0) is 12.7. The van der Waals surface area contributed by atoms with Crippen LogP contribution in [0.15, 0.2) is 0 Å². The number of ether oxygens (including phenoxy) is 1. The van der Waals surface area contributed by atoms with Crippen LogP contribution in [0.25, 0.3) is 0 Å². The van der Waals surface area contributed by atoms with Crippen LogP contribution in [0.1, 0.15) is 48.0 Å². The van der Waals surface area contributed by atoms with E-state index in [-0.39, 0.29) is 29.0 Å². The Bertz CT molecular complexity index is 310. The highest BCUT2D eigenvalue weighted by molar-refractivity contribution is 5.85. The van der Waals surface area contributed by atoms with Crippen LogP contribution in [0.5, 0.6) is 0 Å². The Hall–Kier alpha value is -0.860. The van der Waals surface area contributed by atoms with E-state index in [0.717, 1.165) is 0 Å². The second-order valence-corrected chi connectivity index (χ2v) is 6.31. The molecule has 0 spiro atoms. The number of esters is 1. The Morgan fingerprint density at radius 3 is 2.00 bits per heavy atom. The summed E-state index contributed by atoms with van der Waals surface area (Å²) in [6.07, 6.45) is 0.636. The van der Waals surface area contributed by atoms with Gasteiger partial charge in [0.15, 0.2) is 0 Å². The number of hydrogen-bond donors (Lipinski definition) is 0. The first-order chi connectivity index (χ1) is 7.05. The smallest absolute Gasteiger partial charge is 0.310 e. The minimum atomic E-state index is -0.450. The minimum absolute atomic E-state index is 0.00465. The monoisotopic (exact) mass is 226 g/mol. The third-order valence-electron chi connectivity index (χ3n) is 3.45. The Morgan fingerprint density at radius 2 is 1.69 bits per heavy atom. The van der Waals surface area contributed by atoms with Gasteiger partial charge in [-0.15, -0.1) is 0 Å². The molecule has 16 heavy (non-hydrogen) atoms. The van der Waals surface area contributed by atoms with Crippen LogP contribution in [-0.4, -0.2) is 17.4 Å². The molecule has 1 saturated carbocycles. The van der Waals surface area contributed by atoms with Gasteiger partial charge in [0.1, 0.15) is 11.4 Å². The Balaban J connectivity index is 2.66. The summed E-state index contributed by atoms with van der Waals surface area (Å²) >= 11 is 0. The fraction of sp³-hybridized carbons (Fsp3) is 0.846. The van der Waals surface area contributed by atoms with Crippen molar-refractivity contribution in [1.82, 2.24) is 0 Å². The molecular formula is C13H22O3. The van der Waals surface area contributed by atoms with Gasteiger partial charge in [0.2, 0.25) is 0 Å². The summed E-state index contributed by atoms with van der Waals surface area (Å²) in [4.78, 5) is 23.2. The Morgan fingerprint density at radius 1 is 1.19 bits per heavy atom. The lowest BCUT2D eigenvalue weighted by molar-refractivity contribution is -0.177. The van der Waals surface area contributed by atoms with E-state index in [9.17, 15) is 9.59 Å². The molecule has 0 aromatic carbocycles. The van der Waals surface area contributed by atoms with Crippen LogP contribution in [0.2, 0.25) is 0 Å². The number of carbonyl (C=O) groups excluding carboxylic acids is 2. The van der Waals surface area contributed by atoms with E-state index < -0.39 is 5.60 Å². The molecule has 0 bridgehead atoms. The van der Waals surface area contributed by atoms with Crippen molar-refractivity contribution in [2.45, 2.75) is 53.6 Å². The van der Waals surface area contributed by atoms with Gasteiger partial charge in [-0.05, 0) is 39.5 Å². The highest BCUT2D eigenvalue weighted by Gasteiger charge is 2.54. The summed E-state index contributed by atoms with van der Waals surface area (Å²) in [5.74, 6) is -0.134. The van der Waals surface area contributed by atoms with Gasteiger partial charge in [0.25, 0.3) is 0 Å². The molecule has 0 heterocycles. The van der Waals surface area contributed by atoms with Gasteiger partial charge >= 0.3 is 5.97 Å². The van der Waals surface area contributed by atoms with E-state index in [1.54, 1.807) is 6.92 Å². The van der Waals surface area contributed by atoms with Crippen molar-refractivity contribution in [2.24, 2.45) is 17.3 Å². The van der Waals surface area contributed by atoms with Gasteiger partial charge in [-0.3, -0.25) is 9.59 Å². The Kier molecular flexibility index (Phi) is 3.19. The molecule has 0 amide bonds. The average Bonchev–Trinajstić information content (AvgIpc) is 1.97. The zero-order valence-corrected chi connectivity index (χ0v) is 11.1. The van der Waals surface area contributed by atoms with Crippen LogP contribution in [-0.2, 0) is 14.3 Å². The fourth-order valence-corrected chi connectivity index (χ4v) is 2.39. The molecule has 1 fully saturated rings. The number of hydrogen-bond acceptors (Lipinski definition) is 3. The molecule has 2 atom stereocenters. The molecular weight excluding hydrogens is 204 g/mol. The summed E-state index contributed by atoms with van der Waals surface area (Å²) in [7, 11) is 0. The van der Waals surface area contributed by atoms with Crippen molar-refractivity contribution in [3.05, 3.63) is 0 Å².